The van der Waals surface area contributed by atoms with Gasteiger partial charge in [0.15, 0.2) is 5.13 Å². The van der Waals surface area contributed by atoms with E-state index >= 15 is 0 Å². The van der Waals surface area contributed by atoms with Crippen molar-refractivity contribution in [3.63, 3.8) is 0 Å². The lowest BCUT2D eigenvalue weighted by Gasteiger charge is -2.02. The molecule has 21 heavy (non-hydrogen) atoms. The van der Waals surface area contributed by atoms with E-state index in [1.165, 1.54) is 12.1 Å². The van der Waals surface area contributed by atoms with E-state index in [1.54, 1.807) is 23.5 Å². The Labute approximate surface area is 126 Å². The molecule has 4 nitrogen and oxygen atoms in total. The quantitative estimate of drug-likeness (QED) is 0.783. The smallest absolute Gasteiger partial charge is 0.183 e. The molecule has 0 aliphatic rings. The summed E-state index contributed by atoms with van der Waals surface area (Å²) < 4.78 is 14.8. The number of nitrogens with one attached hydrogen (secondary N) is 1. The van der Waals surface area contributed by atoms with Crippen LogP contribution in [0.4, 0.5) is 9.52 Å². The number of benzene rings is 1. The molecule has 0 fully saturated rings. The number of rotatable bonds is 5. The fourth-order valence-electron chi connectivity index (χ4n) is 1.97. The Hall–Kier alpha value is -2.21. The minimum absolute atomic E-state index is 0.234. The molecule has 1 aromatic carbocycles. The van der Waals surface area contributed by atoms with Gasteiger partial charge < -0.3 is 5.32 Å². The number of thiazole rings is 1. The molecule has 1 N–H and O–H groups in total. The van der Waals surface area contributed by atoms with E-state index in [0.29, 0.717) is 0 Å². The van der Waals surface area contributed by atoms with Crippen molar-refractivity contribution in [2.75, 3.05) is 11.9 Å². The molecular formula is C15H15FN4S. The summed E-state index contributed by atoms with van der Waals surface area (Å²) in [5.74, 6) is -0.234. The summed E-state index contributed by atoms with van der Waals surface area (Å²) in [6.07, 6.45) is 3.85. The molecule has 0 atom stereocenters. The first kappa shape index (κ1) is 13.8. The van der Waals surface area contributed by atoms with Crippen molar-refractivity contribution in [2.45, 2.75) is 13.5 Å². The van der Waals surface area contributed by atoms with Crippen molar-refractivity contribution in [1.82, 2.24) is 14.8 Å². The summed E-state index contributed by atoms with van der Waals surface area (Å²) in [6, 6.07) is 6.37. The first-order valence-corrected chi connectivity index (χ1v) is 7.53. The van der Waals surface area contributed by atoms with E-state index in [1.807, 2.05) is 29.4 Å². The highest BCUT2D eigenvalue weighted by atomic mass is 32.1. The Bertz CT molecular complexity index is 717. The second-order valence-corrected chi connectivity index (χ2v) is 5.61. The van der Waals surface area contributed by atoms with E-state index in [9.17, 15) is 4.39 Å². The number of hydrogen-bond donors (Lipinski definition) is 1. The van der Waals surface area contributed by atoms with Gasteiger partial charge in [-0.2, -0.15) is 5.10 Å². The van der Waals surface area contributed by atoms with Gasteiger partial charge in [0.1, 0.15) is 5.82 Å². The number of anilines is 1. The molecule has 108 valence electrons. The lowest BCUT2D eigenvalue weighted by Crippen LogP contribution is -2.10. The summed E-state index contributed by atoms with van der Waals surface area (Å²) >= 11 is 1.54. The van der Waals surface area contributed by atoms with E-state index in [-0.39, 0.29) is 5.82 Å². The third kappa shape index (κ3) is 3.46. The van der Waals surface area contributed by atoms with Crippen molar-refractivity contribution < 1.29 is 4.39 Å². The minimum Gasteiger partial charge on any atom is -0.360 e. The number of hydrogen-bond acceptors (Lipinski definition) is 4. The topological polar surface area (TPSA) is 42.7 Å². The fraction of sp³-hybridized carbons (Fsp3) is 0.200. The average Bonchev–Trinajstić information content (AvgIpc) is 3.09. The maximum atomic E-state index is 12.9. The Morgan fingerprint density at radius 1 is 1.29 bits per heavy atom. The van der Waals surface area contributed by atoms with Crippen molar-refractivity contribution in [3.05, 3.63) is 53.4 Å². The van der Waals surface area contributed by atoms with Crippen LogP contribution < -0.4 is 5.32 Å². The van der Waals surface area contributed by atoms with Gasteiger partial charge in [-0.3, -0.25) is 4.68 Å². The maximum Gasteiger partial charge on any atom is 0.183 e. The van der Waals surface area contributed by atoms with Crippen LogP contribution in [0.5, 0.6) is 0 Å². The standard InChI is InChI=1S/C15H15FN4S/c1-11-8-18-20(9-11)7-6-17-15-19-14(10-21-15)12-2-4-13(16)5-3-12/h2-5,8-10H,6-7H2,1H3,(H,17,19). The first-order valence-electron chi connectivity index (χ1n) is 6.65. The van der Waals surface area contributed by atoms with Gasteiger partial charge >= 0.3 is 0 Å². The Morgan fingerprint density at radius 2 is 2.10 bits per heavy atom. The van der Waals surface area contributed by atoms with Gasteiger partial charge in [0.2, 0.25) is 0 Å². The molecule has 0 aliphatic carbocycles. The largest absolute Gasteiger partial charge is 0.360 e. The molecule has 0 saturated carbocycles. The van der Waals surface area contributed by atoms with Crippen LogP contribution in [-0.4, -0.2) is 21.3 Å². The molecule has 2 aromatic heterocycles. The normalized spacial score (nSPS) is 10.8. The molecule has 0 unspecified atom stereocenters. The van der Waals surface area contributed by atoms with Gasteiger partial charge in [0, 0.05) is 23.7 Å². The molecule has 0 bridgehead atoms. The average molecular weight is 302 g/mol. The highest BCUT2D eigenvalue weighted by Crippen LogP contribution is 2.24. The zero-order valence-electron chi connectivity index (χ0n) is 11.6. The molecule has 0 spiro atoms. The monoisotopic (exact) mass is 302 g/mol. The van der Waals surface area contributed by atoms with E-state index in [4.69, 9.17) is 0 Å². The Kier molecular flexibility index (Phi) is 3.96. The zero-order valence-corrected chi connectivity index (χ0v) is 12.4. The van der Waals surface area contributed by atoms with Gasteiger partial charge in [-0.15, -0.1) is 11.3 Å². The summed E-state index contributed by atoms with van der Waals surface area (Å²) in [6.45, 7) is 3.57. The van der Waals surface area contributed by atoms with Gasteiger partial charge in [-0.05, 0) is 36.8 Å². The van der Waals surface area contributed by atoms with Crippen LogP contribution in [0.1, 0.15) is 5.56 Å². The van der Waals surface area contributed by atoms with Crippen molar-refractivity contribution >= 4 is 16.5 Å². The van der Waals surface area contributed by atoms with Crippen LogP contribution in [0.3, 0.4) is 0 Å². The molecule has 6 heteroatoms. The zero-order chi connectivity index (χ0) is 14.7. The molecule has 3 aromatic rings. The molecule has 0 aliphatic heterocycles. The SMILES string of the molecule is Cc1cnn(CCNc2nc(-c3ccc(F)cc3)cs2)c1. The first-order chi connectivity index (χ1) is 10.2. The molecule has 0 saturated heterocycles. The van der Waals surface area contributed by atoms with Crippen molar-refractivity contribution in [1.29, 1.82) is 0 Å². The lowest BCUT2D eigenvalue weighted by atomic mass is 10.2. The molecule has 0 amide bonds. The van der Waals surface area contributed by atoms with Gasteiger partial charge in [0.25, 0.3) is 0 Å². The Morgan fingerprint density at radius 3 is 2.81 bits per heavy atom. The number of aryl methyl sites for hydroxylation is 1. The predicted octanol–water partition coefficient (Wildman–Crippen LogP) is 3.57. The van der Waals surface area contributed by atoms with Crippen LogP contribution in [0.2, 0.25) is 0 Å². The van der Waals surface area contributed by atoms with Crippen LogP contribution in [0.15, 0.2) is 42.0 Å². The second-order valence-electron chi connectivity index (χ2n) is 4.75. The summed E-state index contributed by atoms with van der Waals surface area (Å²) in [7, 11) is 0. The molecule has 2 heterocycles. The summed E-state index contributed by atoms with van der Waals surface area (Å²) in [5.41, 5.74) is 2.93. The third-order valence-electron chi connectivity index (χ3n) is 3.02. The second kappa shape index (κ2) is 6.05. The van der Waals surface area contributed by atoms with E-state index in [0.717, 1.165) is 35.0 Å². The lowest BCUT2D eigenvalue weighted by molar-refractivity contribution is 0.628. The van der Waals surface area contributed by atoms with Crippen LogP contribution >= 0.6 is 11.3 Å². The Balaban J connectivity index is 1.59. The van der Waals surface area contributed by atoms with Crippen LogP contribution in [0, 0.1) is 12.7 Å². The highest BCUT2D eigenvalue weighted by molar-refractivity contribution is 7.14. The molecular weight excluding hydrogens is 287 g/mol. The van der Waals surface area contributed by atoms with E-state index < -0.39 is 0 Å². The predicted molar refractivity (Wildman–Crippen MR) is 83.0 cm³/mol. The van der Waals surface area contributed by atoms with Crippen molar-refractivity contribution in [3.8, 4) is 11.3 Å². The number of nitrogens with zero attached hydrogens (tertiary/aromatic N) is 3. The number of halogens is 1. The fourth-order valence-corrected chi connectivity index (χ4v) is 2.72. The minimum atomic E-state index is -0.234. The summed E-state index contributed by atoms with van der Waals surface area (Å²) in [4.78, 5) is 4.50. The third-order valence-corrected chi connectivity index (χ3v) is 3.82. The van der Waals surface area contributed by atoms with Gasteiger partial charge in [-0.1, -0.05) is 0 Å². The van der Waals surface area contributed by atoms with Crippen LogP contribution in [-0.2, 0) is 6.54 Å². The highest BCUT2D eigenvalue weighted by Gasteiger charge is 2.04. The van der Waals surface area contributed by atoms with Gasteiger partial charge in [-0.25, -0.2) is 9.37 Å². The van der Waals surface area contributed by atoms with Crippen LogP contribution in [0.25, 0.3) is 11.3 Å². The number of aromatic nitrogens is 3. The summed E-state index contributed by atoms with van der Waals surface area (Å²) in [5, 5.41) is 10.3. The van der Waals surface area contributed by atoms with E-state index in [2.05, 4.69) is 15.4 Å². The molecule has 3 rings (SSSR count). The van der Waals surface area contributed by atoms with Crippen molar-refractivity contribution in [2.24, 2.45) is 0 Å². The maximum absolute atomic E-state index is 12.9. The van der Waals surface area contributed by atoms with Gasteiger partial charge in [0.05, 0.1) is 18.4 Å². The molecule has 0 radical (unpaired) electrons.